The second kappa shape index (κ2) is 4.58. The van der Waals surface area contributed by atoms with E-state index in [9.17, 15) is 8.42 Å². The highest BCUT2D eigenvalue weighted by molar-refractivity contribution is 7.87. The van der Waals surface area contributed by atoms with Crippen LogP contribution in [0.1, 0.15) is 0 Å². The van der Waals surface area contributed by atoms with Crippen molar-refractivity contribution >= 4 is 10.1 Å². The molecule has 0 atom stereocenters. The van der Waals surface area contributed by atoms with Gasteiger partial charge in [0.15, 0.2) is 0 Å². The quantitative estimate of drug-likeness (QED) is 0.828. The first-order chi connectivity index (χ1) is 8.47. The topological polar surface area (TPSA) is 83.8 Å². The second-order valence-electron chi connectivity index (χ2n) is 3.53. The summed E-state index contributed by atoms with van der Waals surface area (Å²) in [6.07, 6.45) is 0. The molecule has 0 amide bonds. The monoisotopic (exact) mass is 266 g/mol. The van der Waals surface area contributed by atoms with Crippen molar-refractivity contribution < 1.29 is 22.8 Å². The molecule has 0 spiro atoms. The second-order valence-corrected chi connectivity index (χ2v) is 5.07. The van der Waals surface area contributed by atoms with Gasteiger partial charge in [0.05, 0.1) is 0 Å². The van der Waals surface area contributed by atoms with Crippen LogP contribution < -0.4 is 4.18 Å². The van der Waals surface area contributed by atoms with E-state index in [-0.39, 0.29) is 22.1 Å². The summed E-state index contributed by atoms with van der Waals surface area (Å²) in [6, 6.07) is 10.3. The van der Waals surface area contributed by atoms with Gasteiger partial charge >= 0.3 is 10.1 Å². The van der Waals surface area contributed by atoms with Crippen molar-refractivity contribution in [3.05, 3.63) is 48.5 Å². The van der Waals surface area contributed by atoms with Crippen LogP contribution in [-0.2, 0) is 10.1 Å². The van der Waals surface area contributed by atoms with Crippen molar-refractivity contribution in [1.29, 1.82) is 0 Å². The number of benzene rings is 2. The summed E-state index contributed by atoms with van der Waals surface area (Å²) in [7, 11) is -3.94. The van der Waals surface area contributed by atoms with Crippen molar-refractivity contribution in [2.24, 2.45) is 0 Å². The molecule has 2 N–H and O–H groups in total. The predicted octanol–water partition coefficient (Wildman–Crippen LogP) is 1.87. The smallest absolute Gasteiger partial charge is 0.339 e. The lowest BCUT2D eigenvalue weighted by molar-refractivity contribution is 0.467. The van der Waals surface area contributed by atoms with Crippen LogP contribution in [0.3, 0.4) is 0 Å². The number of hydrogen-bond acceptors (Lipinski definition) is 5. The Balaban J connectivity index is 2.27. The average molecular weight is 266 g/mol. The van der Waals surface area contributed by atoms with Crippen molar-refractivity contribution in [1.82, 2.24) is 0 Å². The van der Waals surface area contributed by atoms with Crippen LogP contribution >= 0.6 is 0 Å². The van der Waals surface area contributed by atoms with Gasteiger partial charge in [-0.2, -0.15) is 8.42 Å². The van der Waals surface area contributed by atoms with Gasteiger partial charge in [-0.05, 0) is 48.5 Å². The Kier molecular flexibility index (Phi) is 3.12. The molecular formula is C12H10O5S. The van der Waals surface area contributed by atoms with E-state index in [0.717, 1.165) is 0 Å². The van der Waals surface area contributed by atoms with E-state index >= 15 is 0 Å². The Morgan fingerprint density at radius 2 is 1.22 bits per heavy atom. The normalized spacial score (nSPS) is 11.1. The molecule has 5 nitrogen and oxygen atoms in total. The van der Waals surface area contributed by atoms with Gasteiger partial charge < -0.3 is 14.4 Å². The minimum absolute atomic E-state index is 0.0179. The molecule has 0 unspecified atom stereocenters. The molecule has 0 fully saturated rings. The summed E-state index contributed by atoms with van der Waals surface area (Å²) in [4.78, 5) is -0.0617. The summed E-state index contributed by atoms with van der Waals surface area (Å²) < 4.78 is 28.5. The van der Waals surface area contributed by atoms with E-state index in [1.54, 1.807) is 0 Å². The Hall–Kier alpha value is -2.21. The van der Waals surface area contributed by atoms with E-state index in [0.29, 0.717) is 0 Å². The molecule has 0 saturated heterocycles. The molecule has 0 radical (unpaired) electrons. The van der Waals surface area contributed by atoms with Gasteiger partial charge in [0, 0.05) is 0 Å². The third-order valence-electron chi connectivity index (χ3n) is 2.17. The van der Waals surface area contributed by atoms with Gasteiger partial charge in [-0.1, -0.05) is 0 Å². The fourth-order valence-corrected chi connectivity index (χ4v) is 2.22. The summed E-state index contributed by atoms with van der Waals surface area (Å²) in [5, 5.41) is 18.1. The molecular weight excluding hydrogens is 256 g/mol. The first-order valence-corrected chi connectivity index (χ1v) is 6.41. The van der Waals surface area contributed by atoms with Gasteiger partial charge in [-0.15, -0.1) is 0 Å². The molecule has 0 bridgehead atoms. The van der Waals surface area contributed by atoms with Gasteiger partial charge in [0.2, 0.25) is 0 Å². The fourth-order valence-electron chi connectivity index (χ4n) is 1.29. The predicted molar refractivity (Wildman–Crippen MR) is 64.0 cm³/mol. The molecule has 6 heteroatoms. The first kappa shape index (κ1) is 12.3. The first-order valence-electron chi connectivity index (χ1n) is 5.00. The summed E-state index contributed by atoms with van der Waals surface area (Å²) in [5.74, 6) is 0.0869. The molecule has 0 aliphatic heterocycles. The van der Waals surface area contributed by atoms with E-state index in [2.05, 4.69) is 0 Å². The molecule has 0 aliphatic carbocycles. The summed E-state index contributed by atoms with van der Waals surface area (Å²) in [5.41, 5.74) is 0. The van der Waals surface area contributed by atoms with E-state index in [4.69, 9.17) is 14.4 Å². The minimum Gasteiger partial charge on any atom is -0.508 e. The lowest BCUT2D eigenvalue weighted by Crippen LogP contribution is -2.09. The Morgan fingerprint density at radius 1 is 0.778 bits per heavy atom. The van der Waals surface area contributed by atoms with Crippen LogP contribution in [0.4, 0.5) is 0 Å². The van der Waals surface area contributed by atoms with Crippen molar-refractivity contribution in [3.63, 3.8) is 0 Å². The standard InChI is InChI=1S/C12H10O5S/c13-9-1-5-11(6-2-9)17-18(15,16)12-7-3-10(14)4-8-12/h1-8,13-14H. The van der Waals surface area contributed by atoms with Gasteiger partial charge in [0.1, 0.15) is 22.1 Å². The van der Waals surface area contributed by atoms with Crippen molar-refractivity contribution in [2.45, 2.75) is 4.90 Å². The van der Waals surface area contributed by atoms with Crippen molar-refractivity contribution in [3.8, 4) is 17.2 Å². The third-order valence-corrected chi connectivity index (χ3v) is 3.43. The molecule has 2 aromatic carbocycles. The Labute approximate surface area is 104 Å². The van der Waals surface area contributed by atoms with Crippen LogP contribution in [-0.4, -0.2) is 18.6 Å². The zero-order valence-corrected chi connectivity index (χ0v) is 9.96. The van der Waals surface area contributed by atoms with Gasteiger partial charge in [0.25, 0.3) is 0 Å². The molecule has 2 rings (SSSR count). The van der Waals surface area contributed by atoms with Gasteiger partial charge in [-0.25, -0.2) is 0 Å². The van der Waals surface area contributed by atoms with E-state index in [1.165, 1.54) is 48.5 Å². The maximum absolute atomic E-state index is 11.8. The zero-order chi connectivity index (χ0) is 13.2. The summed E-state index contributed by atoms with van der Waals surface area (Å²) >= 11 is 0. The molecule has 2 aromatic rings. The van der Waals surface area contributed by atoms with Crippen LogP contribution in [0.15, 0.2) is 53.4 Å². The molecule has 0 heterocycles. The van der Waals surface area contributed by atoms with Crippen molar-refractivity contribution in [2.75, 3.05) is 0 Å². The number of phenolic OH excluding ortho intramolecular Hbond substituents is 2. The van der Waals surface area contributed by atoms with Gasteiger partial charge in [-0.3, -0.25) is 0 Å². The Bertz CT molecular complexity index is 629. The van der Waals surface area contributed by atoms with Crippen LogP contribution in [0.2, 0.25) is 0 Å². The maximum atomic E-state index is 11.8. The number of rotatable bonds is 3. The molecule has 0 aliphatic rings. The lowest BCUT2D eigenvalue weighted by Gasteiger charge is -2.06. The maximum Gasteiger partial charge on any atom is 0.339 e. The largest absolute Gasteiger partial charge is 0.508 e. The number of hydrogen-bond donors (Lipinski definition) is 2. The van der Waals surface area contributed by atoms with Crippen LogP contribution in [0, 0.1) is 0 Å². The SMILES string of the molecule is O=S(=O)(Oc1ccc(O)cc1)c1ccc(O)cc1. The highest BCUT2D eigenvalue weighted by Crippen LogP contribution is 2.22. The van der Waals surface area contributed by atoms with E-state index in [1.807, 2.05) is 0 Å². The average Bonchev–Trinajstić information content (AvgIpc) is 2.32. The molecule has 18 heavy (non-hydrogen) atoms. The number of phenols is 2. The minimum atomic E-state index is -3.94. The highest BCUT2D eigenvalue weighted by atomic mass is 32.2. The summed E-state index contributed by atoms with van der Waals surface area (Å²) in [6.45, 7) is 0. The fraction of sp³-hybridized carbons (Fsp3) is 0. The van der Waals surface area contributed by atoms with E-state index < -0.39 is 10.1 Å². The molecule has 94 valence electrons. The van der Waals surface area contributed by atoms with Crippen LogP contribution in [0.5, 0.6) is 17.2 Å². The lowest BCUT2D eigenvalue weighted by atomic mass is 10.3. The third kappa shape index (κ3) is 2.72. The molecule has 0 saturated carbocycles. The van der Waals surface area contributed by atoms with Crippen LogP contribution in [0.25, 0.3) is 0 Å². The highest BCUT2D eigenvalue weighted by Gasteiger charge is 2.16. The molecule has 0 aromatic heterocycles. The Morgan fingerprint density at radius 3 is 1.72 bits per heavy atom. The number of aromatic hydroxyl groups is 2. The zero-order valence-electron chi connectivity index (χ0n) is 9.15.